The largest absolute Gasteiger partial charge is 0.446 e. The van der Waals surface area contributed by atoms with Crippen LogP contribution in [0.4, 0.5) is 4.79 Å². The fourth-order valence-corrected chi connectivity index (χ4v) is 7.58. The molecule has 3 aliphatic rings. The Balaban J connectivity index is 1.50. The van der Waals surface area contributed by atoms with Gasteiger partial charge in [0, 0.05) is 19.5 Å². The summed E-state index contributed by atoms with van der Waals surface area (Å²) in [6, 6.07) is 0. The third-order valence-electron chi connectivity index (χ3n) is 9.76. The molecule has 3 aliphatic carbocycles. The summed E-state index contributed by atoms with van der Waals surface area (Å²) in [6.07, 6.45) is 16.0. The third kappa shape index (κ3) is 10.5. The van der Waals surface area contributed by atoms with Gasteiger partial charge in [-0.25, -0.2) is 4.79 Å². The van der Waals surface area contributed by atoms with Crippen molar-refractivity contribution >= 4 is 6.09 Å². The predicted molar refractivity (Wildman–Crippen MR) is 166 cm³/mol. The molecule has 0 aromatic carbocycles. The highest BCUT2D eigenvalue weighted by atomic mass is 16.6. The number of carbonyl (C=O) groups is 1. The highest BCUT2D eigenvalue weighted by molar-refractivity contribution is 5.67. The van der Waals surface area contributed by atoms with Gasteiger partial charge < -0.3 is 30.4 Å². The van der Waals surface area contributed by atoms with Gasteiger partial charge in [-0.1, -0.05) is 56.6 Å². The average Bonchev–Trinajstić information content (AvgIpc) is 3.27. The summed E-state index contributed by atoms with van der Waals surface area (Å²) < 4.78 is 16.5. The van der Waals surface area contributed by atoms with Gasteiger partial charge in [0.25, 0.3) is 0 Å². The lowest BCUT2D eigenvalue weighted by Gasteiger charge is -2.44. The van der Waals surface area contributed by atoms with Crippen LogP contribution < -0.4 is 11.1 Å². The predicted octanol–water partition coefficient (Wildman–Crippen LogP) is 6.46. The molecule has 3 saturated carbocycles. The van der Waals surface area contributed by atoms with E-state index in [1.165, 1.54) is 44.1 Å². The third-order valence-corrected chi connectivity index (χ3v) is 9.76. The molecular weight excluding hydrogens is 516 g/mol. The number of nitrogens with one attached hydrogen (secondary N) is 1. The number of nitrogens with two attached hydrogens (primary N) is 1. The van der Waals surface area contributed by atoms with Crippen LogP contribution >= 0.6 is 0 Å². The van der Waals surface area contributed by atoms with E-state index in [-0.39, 0.29) is 12.2 Å². The molecule has 41 heavy (non-hydrogen) atoms. The van der Waals surface area contributed by atoms with Crippen LogP contribution in [0.3, 0.4) is 0 Å². The molecule has 0 heterocycles. The zero-order valence-corrected chi connectivity index (χ0v) is 26.3. The molecule has 0 bridgehead atoms. The Morgan fingerprint density at radius 3 is 2.66 bits per heavy atom. The topological polar surface area (TPSA) is 103 Å². The zero-order chi connectivity index (χ0) is 29.9. The second-order valence-electron chi connectivity index (χ2n) is 13.5. The molecule has 5 atom stereocenters. The summed E-state index contributed by atoms with van der Waals surface area (Å²) in [4.78, 5) is 12.3. The molecule has 0 aromatic rings. The van der Waals surface area contributed by atoms with Crippen molar-refractivity contribution in [1.29, 1.82) is 0 Å². The fraction of sp³-hybridized carbons (Fsp3) is 0.794. The van der Waals surface area contributed by atoms with Gasteiger partial charge in [0.2, 0.25) is 0 Å². The minimum atomic E-state index is -0.567. The van der Waals surface area contributed by atoms with Gasteiger partial charge in [0.05, 0.1) is 32.0 Å². The molecule has 0 aromatic heterocycles. The molecule has 3 fully saturated rings. The molecule has 0 spiro atoms. The van der Waals surface area contributed by atoms with E-state index in [1.54, 1.807) is 5.57 Å². The van der Waals surface area contributed by atoms with Crippen molar-refractivity contribution in [3.05, 3.63) is 35.5 Å². The lowest BCUT2D eigenvalue weighted by Crippen LogP contribution is -2.36. The second kappa shape index (κ2) is 16.3. The first-order chi connectivity index (χ1) is 19.5. The molecule has 234 valence electrons. The number of fused-ring (bicyclic) bond motifs is 1. The minimum absolute atomic E-state index is 0.132. The van der Waals surface area contributed by atoms with Gasteiger partial charge in [-0.2, -0.15) is 0 Å². The molecule has 0 saturated heterocycles. The van der Waals surface area contributed by atoms with Gasteiger partial charge in [-0.15, -0.1) is 0 Å². The molecule has 0 aliphatic heterocycles. The van der Waals surface area contributed by atoms with Gasteiger partial charge in [0.1, 0.15) is 6.10 Å². The van der Waals surface area contributed by atoms with Gasteiger partial charge in [-0.05, 0) is 94.0 Å². The molecule has 1 amide bonds. The molecular formula is C34H58N2O5. The summed E-state index contributed by atoms with van der Waals surface area (Å²) in [7, 11) is 0. The van der Waals surface area contributed by atoms with Crippen LogP contribution in [0.25, 0.3) is 0 Å². The summed E-state index contributed by atoms with van der Waals surface area (Å²) in [5.74, 6) is 2.09. The SMILES string of the molecule is C=C1CC[C@H](OC(=O)NCCOCCOCCN)C/C1=C/C=C1\CCC[C@]2(C)[C@@H]([C@H](C)CCCC(C)(C)O)CC[C@@H]12. The molecule has 0 radical (unpaired) electrons. The van der Waals surface area contributed by atoms with Gasteiger partial charge in [-0.3, -0.25) is 0 Å². The number of allylic oxidation sites excluding steroid dienone is 4. The lowest BCUT2D eigenvalue weighted by atomic mass is 9.60. The fourth-order valence-electron chi connectivity index (χ4n) is 7.58. The van der Waals surface area contributed by atoms with E-state index < -0.39 is 5.60 Å². The summed E-state index contributed by atoms with van der Waals surface area (Å²) in [5.41, 5.74) is 9.15. The van der Waals surface area contributed by atoms with Gasteiger partial charge >= 0.3 is 6.09 Å². The number of ether oxygens (including phenoxy) is 3. The Morgan fingerprint density at radius 1 is 1.17 bits per heavy atom. The van der Waals surface area contributed by atoms with E-state index >= 15 is 0 Å². The van der Waals surface area contributed by atoms with Crippen LogP contribution in [0, 0.1) is 23.2 Å². The number of alkyl carbamates (subject to hydrolysis) is 1. The van der Waals surface area contributed by atoms with Crippen LogP contribution in [-0.2, 0) is 14.2 Å². The van der Waals surface area contributed by atoms with Crippen LogP contribution in [0.1, 0.15) is 98.3 Å². The van der Waals surface area contributed by atoms with Gasteiger partial charge in [0.15, 0.2) is 0 Å². The van der Waals surface area contributed by atoms with Crippen LogP contribution in [0.15, 0.2) is 35.5 Å². The van der Waals surface area contributed by atoms with Crippen LogP contribution in [-0.4, -0.2) is 62.4 Å². The summed E-state index contributed by atoms with van der Waals surface area (Å²) in [6.45, 7) is 16.0. The van der Waals surface area contributed by atoms with Crippen molar-refractivity contribution in [2.45, 2.75) is 110 Å². The number of carbonyl (C=O) groups excluding carboxylic acids is 1. The summed E-state index contributed by atoms with van der Waals surface area (Å²) in [5, 5.41) is 12.9. The maximum Gasteiger partial charge on any atom is 0.407 e. The quantitative estimate of drug-likeness (QED) is 0.194. The first kappa shape index (κ1) is 33.8. The number of aliphatic hydroxyl groups is 1. The summed E-state index contributed by atoms with van der Waals surface area (Å²) >= 11 is 0. The normalized spacial score (nSPS) is 29.5. The Morgan fingerprint density at radius 2 is 1.93 bits per heavy atom. The van der Waals surface area contributed by atoms with Crippen molar-refractivity contribution in [3.8, 4) is 0 Å². The maximum absolute atomic E-state index is 12.3. The van der Waals surface area contributed by atoms with Crippen molar-refractivity contribution in [2.24, 2.45) is 28.9 Å². The molecule has 7 heteroatoms. The highest BCUT2D eigenvalue weighted by Crippen LogP contribution is 2.60. The molecule has 7 nitrogen and oxygen atoms in total. The highest BCUT2D eigenvalue weighted by Gasteiger charge is 2.50. The van der Waals surface area contributed by atoms with Crippen LogP contribution in [0.5, 0.6) is 0 Å². The van der Waals surface area contributed by atoms with E-state index in [4.69, 9.17) is 19.9 Å². The molecule has 0 unspecified atom stereocenters. The number of hydrogen-bond acceptors (Lipinski definition) is 6. The first-order valence-corrected chi connectivity index (χ1v) is 16.1. The Kier molecular flexibility index (Phi) is 13.4. The monoisotopic (exact) mass is 574 g/mol. The molecule has 4 N–H and O–H groups in total. The minimum Gasteiger partial charge on any atom is -0.446 e. The average molecular weight is 575 g/mol. The number of rotatable bonds is 15. The zero-order valence-electron chi connectivity index (χ0n) is 26.3. The van der Waals surface area contributed by atoms with E-state index in [0.29, 0.717) is 63.2 Å². The molecule has 3 rings (SSSR count). The van der Waals surface area contributed by atoms with E-state index in [2.05, 4.69) is 37.9 Å². The Hall–Kier alpha value is -1.67. The standard InChI is InChI=1S/C34H58N2O5/c1-25-10-13-29(41-32(37)36-19-21-40-23-22-39-20-18-35)24-28(25)12-11-27-9-7-17-34(5)30(14-15-31(27)34)26(2)8-6-16-33(3,4)38/h11-12,26,29-31,38H,1,6-10,13-24,35H2,2-5H3,(H,36,37)/b27-11+,28-12-/t26-,29+,30-,31+,34-/m1/s1. The maximum atomic E-state index is 12.3. The Labute approximate surface area is 249 Å². The second-order valence-corrected chi connectivity index (χ2v) is 13.5. The van der Waals surface area contributed by atoms with Crippen molar-refractivity contribution in [1.82, 2.24) is 5.32 Å². The number of amides is 1. The Bertz CT molecular complexity index is 907. The lowest BCUT2D eigenvalue weighted by molar-refractivity contribution is 0.0493. The van der Waals surface area contributed by atoms with Crippen molar-refractivity contribution in [3.63, 3.8) is 0 Å². The number of hydrogen-bond donors (Lipinski definition) is 3. The van der Waals surface area contributed by atoms with Crippen molar-refractivity contribution < 1.29 is 24.1 Å². The smallest absolute Gasteiger partial charge is 0.407 e. The first-order valence-electron chi connectivity index (χ1n) is 16.1. The van der Waals surface area contributed by atoms with E-state index in [0.717, 1.165) is 37.2 Å². The van der Waals surface area contributed by atoms with E-state index in [9.17, 15) is 9.90 Å². The van der Waals surface area contributed by atoms with Crippen molar-refractivity contribution in [2.75, 3.05) is 39.5 Å². The van der Waals surface area contributed by atoms with Crippen LogP contribution in [0.2, 0.25) is 0 Å². The van der Waals surface area contributed by atoms with E-state index in [1.807, 2.05) is 13.8 Å².